The van der Waals surface area contributed by atoms with Crippen LogP contribution in [0, 0.1) is 5.92 Å². The van der Waals surface area contributed by atoms with Gasteiger partial charge in [-0.3, -0.25) is 0 Å². The van der Waals surface area contributed by atoms with Crippen molar-refractivity contribution in [3.8, 4) is 0 Å². The van der Waals surface area contributed by atoms with Crippen LogP contribution >= 0.6 is 11.6 Å². The lowest BCUT2D eigenvalue weighted by atomic mass is 10.1. The van der Waals surface area contributed by atoms with Crippen LogP contribution in [0.4, 0.5) is 0 Å². The summed E-state index contributed by atoms with van der Waals surface area (Å²) in [5.74, 6) is 0.505. The number of aliphatic hydroxyl groups is 1. The Morgan fingerprint density at radius 2 is 1.89 bits per heavy atom. The van der Waals surface area contributed by atoms with Crippen LogP contribution in [0.1, 0.15) is 19.4 Å². The molecule has 2 N–H and O–H groups in total. The second kappa shape index (κ2) is 9.32. The Hall–Kier alpha value is -0.610. The van der Waals surface area contributed by atoms with Gasteiger partial charge in [0.1, 0.15) is 0 Å². The van der Waals surface area contributed by atoms with E-state index < -0.39 is 6.10 Å². The fourth-order valence-electron chi connectivity index (χ4n) is 1.65. The molecule has 3 nitrogen and oxygen atoms in total. The molecule has 1 rings (SSSR count). The SMILES string of the molecule is CC(C)COCC(O)CNCCc1ccc(Cl)cc1. The molecule has 19 heavy (non-hydrogen) atoms. The maximum absolute atomic E-state index is 9.69. The van der Waals surface area contributed by atoms with Crippen LogP contribution in [0.3, 0.4) is 0 Å². The quantitative estimate of drug-likeness (QED) is 0.685. The van der Waals surface area contributed by atoms with Gasteiger partial charge in [0.15, 0.2) is 0 Å². The van der Waals surface area contributed by atoms with Gasteiger partial charge >= 0.3 is 0 Å². The van der Waals surface area contributed by atoms with Crippen LogP contribution in [0.25, 0.3) is 0 Å². The predicted molar refractivity (Wildman–Crippen MR) is 79.7 cm³/mol. The van der Waals surface area contributed by atoms with E-state index in [1.165, 1.54) is 5.56 Å². The molecule has 4 heteroatoms. The fourth-order valence-corrected chi connectivity index (χ4v) is 1.78. The predicted octanol–water partition coefficient (Wildman–Crippen LogP) is 2.51. The minimum atomic E-state index is -0.441. The average molecular weight is 286 g/mol. The van der Waals surface area contributed by atoms with Crippen LogP contribution in [-0.2, 0) is 11.2 Å². The molecular formula is C15H24ClNO2. The summed E-state index contributed by atoms with van der Waals surface area (Å²) >= 11 is 5.82. The fraction of sp³-hybridized carbons (Fsp3) is 0.600. The van der Waals surface area contributed by atoms with E-state index in [-0.39, 0.29) is 0 Å². The van der Waals surface area contributed by atoms with Gasteiger partial charge in [0.05, 0.1) is 12.7 Å². The third-order valence-electron chi connectivity index (χ3n) is 2.65. The largest absolute Gasteiger partial charge is 0.389 e. The molecule has 1 aromatic carbocycles. The van der Waals surface area contributed by atoms with Gasteiger partial charge < -0.3 is 15.2 Å². The van der Waals surface area contributed by atoms with Gasteiger partial charge in [-0.25, -0.2) is 0 Å². The first-order chi connectivity index (χ1) is 9.08. The molecule has 0 aliphatic rings. The Morgan fingerprint density at radius 3 is 2.53 bits per heavy atom. The molecule has 0 heterocycles. The number of aliphatic hydroxyl groups excluding tert-OH is 1. The van der Waals surface area contributed by atoms with Crippen LogP contribution in [0.15, 0.2) is 24.3 Å². The third-order valence-corrected chi connectivity index (χ3v) is 2.90. The monoisotopic (exact) mass is 285 g/mol. The molecule has 0 aliphatic carbocycles. The Balaban J connectivity index is 2.05. The molecule has 0 saturated carbocycles. The first-order valence-electron chi connectivity index (χ1n) is 6.79. The summed E-state index contributed by atoms with van der Waals surface area (Å²) in [6.07, 6.45) is 0.487. The number of ether oxygens (including phenoxy) is 1. The van der Waals surface area contributed by atoms with E-state index in [1.807, 2.05) is 24.3 Å². The van der Waals surface area contributed by atoms with Crippen LogP contribution in [0.5, 0.6) is 0 Å². The Bertz CT molecular complexity index is 341. The maximum Gasteiger partial charge on any atom is 0.0897 e. The molecule has 0 amide bonds. The lowest BCUT2D eigenvalue weighted by Gasteiger charge is -2.13. The lowest BCUT2D eigenvalue weighted by molar-refractivity contribution is 0.0263. The summed E-state index contributed by atoms with van der Waals surface area (Å²) in [7, 11) is 0. The molecule has 1 atom stereocenters. The Kier molecular flexibility index (Phi) is 8.07. The van der Waals surface area contributed by atoms with Gasteiger partial charge in [-0.1, -0.05) is 37.6 Å². The van der Waals surface area contributed by atoms with E-state index in [9.17, 15) is 5.11 Å². The molecular weight excluding hydrogens is 262 g/mol. The second-order valence-electron chi connectivity index (χ2n) is 5.17. The number of benzene rings is 1. The first-order valence-corrected chi connectivity index (χ1v) is 7.16. The highest BCUT2D eigenvalue weighted by molar-refractivity contribution is 6.30. The van der Waals surface area contributed by atoms with E-state index in [0.717, 1.165) is 18.0 Å². The number of rotatable bonds is 9. The molecule has 0 aromatic heterocycles. The highest BCUT2D eigenvalue weighted by Crippen LogP contribution is 2.09. The van der Waals surface area contributed by atoms with Gasteiger partial charge in [0, 0.05) is 18.2 Å². The van der Waals surface area contributed by atoms with Crippen molar-refractivity contribution >= 4 is 11.6 Å². The zero-order valence-electron chi connectivity index (χ0n) is 11.7. The van der Waals surface area contributed by atoms with Crippen molar-refractivity contribution in [2.24, 2.45) is 5.92 Å². The van der Waals surface area contributed by atoms with E-state index in [1.54, 1.807) is 0 Å². The highest BCUT2D eigenvalue weighted by atomic mass is 35.5. The van der Waals surface area contributed by atoms with Crippen molar-refractivity contribution in [1.82, 2.24) is 5.32 Å². The summed E-state index contributed by atoms with van der Waals surface area (Å²) < 4.78 is 5.38. The van der Waals surface area contributed by atoms with Crippen molar-refractivity contribution in [2.45, 2.75) is 26.4 Å². The van der Waals surface area contributed by atoms with E-state index in [4.69, 9.17) is 16.3 Å². The standard InChI is InChI=1S/C15H24ClNO2/c1-12(2)10-19-11-15(18)9-17-8-7-13-3-5-14(16)6-4-13/h3-6,12,15,17-18H,7-11H2,1-2H3. The van der Waals surface area contributed by atoms with Crippen molar-refractivity contribution in [2.75, 3.05) is 26.3 Å². The average Bonchev–Trinajstić information content (AvgIpc) is 2.36. The van der Waals surface area contributed by atoms with Crippen LogP contribution < -0.4 is 5.32 Å². The highest BCUT2D eigenvalue weighted by Gasteiger charge is 2.04. The molecule has 1 unspecified atom stereocenters. The maximum atomic E-state index is 9.69. The van der Waals surface area contributed by atoms with Crippen molar-refractivity contribution in [3.63, 3.8) is 0 Å². The van der Waals surface area contributed by atoms with Crippen LogP contribution in [-0.4, -0.2) is 37.5 Å². The smallest absolute Gasteiger partial charge is 0.0897 e. The zero-order chi connectivity index (χ0) is 14.1. The Morgan fingerprint density at radius 1 is 1.21 bits per heavy atom. The van der Waals surface area contributed by atoms with E-state index in [2.05, 4.69) is 19.2 Å². The van der Waals surface area contributed by atoms with Gasteiger partial charge in [-0.2, -0.15) is 0 Å². The lowest BCUT2D eigenvalue weighted by Crippen LogP contribution is -2.32. The second-order valence-corrected chi connectivity index (χ2v) is 5.60. The summed E-state index contributed by atoms with van der Waals surface area (Å²) in [6, 6.07) is 7.83. The third kappa shape index (κ3) is 8.22. The number of hydrogen-bond acceptors (Lipinski definition) is 3. The zero-order valence-corrected chi connectivity index (χ0v) is 12.5. The topological polar surface area (TPSA) is 41.5 Å². The van der Waals surface area contributed by atoms with E-state index in [0.29, 0.717) is 25.7 Å². The molecule has 0 bridgehead atoms. The molecule has 0 aliphatic heterocycles. The minimum Gasteiger partial charge on any atom is -0.389 e. The summed E-state index contributed by atoms with van der Waals surface area (Å²) in [5, 5.41) is 13.7. The number of hydrogen-bond donors (Lipinski definition) is 2. The van der Waals surface area contributed by atoms with Crippen LogP contribution in [0.2, 0.25) is 5.02 Å². The summed E-state index contributed by atoms with van der Waals surface area (Å²) in [6.45, 7) is 6.68. The van der Waals surface area contributed by atoms with Gasteiger partial charge in [-0.15, -0.1) is 0 Å². The number of halogens is 1. The molecule has 1 aromatic rings. The normalized spacial score (nSPS) is 12.9. The molecule has 108 valence electrons. The summed E-state index contributed by atoms with van der Waals surface area (Å²) in [5.41, 5.74) is 1.24. The summed E-state index contributed by atoms with van der Waals surface area (Å²) in [4.78, 5) is 0. The molecule has 0 radical (unpaired) electrons. The van der Waals surface area contributed by atoms with Gasteiger partial charge in [-0.05, 0) is 36.6 Å². The van der Waals surface area contributed by atoms with Crippen molar-refractivity contribution in [3.05, 3.63) is 34.9 Å². The Labute approximate surface area is 120 Å². The van der Waals surface area contributed by atoms with E-state index >= 15 is 0 Å². The molecule has 0 fully saturated rings. The van der Waals surface area contributed by atoms with Crippen molar-refractivity contribution in [1.29, 1.82) is 0 Å². The number of nitrogens with one attached hydrogen (secondary N) is 1. The first kappa shape index (κ1) is 16.4. The minimum absolute atomic E-state index is 0.395. The van der Waals surface area contributed by atoms with Gasteiger partial charge in [0.2, 0.25) is 0 Å². The van der Waals surface area contributed by atoms with Gasteiger partial charge in [0.25, 0.3) is 0 Å². The van der Waals surface area contributed by atoms with Crippen molar-refractivity contribution < 1.29 is 9.84 Å². The molecule has 0 saturated heterocycles. The molecule has 0 spiro atoms.